The maximum absolute atomic E-state index is 13.3. The molecule has 0 aromatic heterocycles. The van der Waals surface area contributed by atoms with Gasteiger partial charge in [0.2, 0.25) is 10.0 Å². The van der Waals surface area contributed by atoms with E-state index >= 15 is 0 Å². The van der Waals surface area contributed by atoms with E-state index in [4.69, 9.17) is 0 Å². The zero-order valence-corrected chi connectivity index (χ0v) is 16.7. The monoisotopic (exact) mass is 373 g/mol. The molecular formula is C17H27NO4S2. The minimum atomic E-state index is -3.75. The van der Waals surface area contributed by atoms with Crippen molar-refractivity contribution in [2.75, 3.05) is 11.5 Å². The van der Waals surface area contributed by atoms with E-state index in [1.165, 1.54) is 4.31 Å². The third-order valence-corrected chi connectivity index (χ3v) is 8.90. The van der Waals surface area contributed by atoms with Crippen LogP contribution in [0.25, 0.3) is 0 Å². The Balaban J connectivity index is 2.55. The molecule has 1 fully saturated rings. The Morgan fingerprint density at radius 1 is 1.17 bits per heavy atom. The van der Waals surface area contributed by atoms with Gasteiger partial charge in [-0.1, -0.05) is 13.0 Å². The number of benzene rings is 1. The van der Waals surface area contributed by atoms with Crippen LogP contribution in [0.1, 0.15) is 43.4 Å². The van der Waals surface area contributed by atoms with E-state index in [9.17, 15) is 16.8 Å². The molecule has 1 aliphatic rings. The molecule has 0 unspecified atom stereocenters. The van der Waals surface area contributed by atoms with E-state index < -0.39 is 25.9 Å². The second kappa shape index (κ2) is 6.77. The molecule has 1 aliphatic heterocycles. The smallest absolute Gasteiger partial charge is 0.229 e. The number of nitrogens with zero attached hydrogens (tertiary/aromatic N) is 1. The molecule has 0 radical (unpaired) electrons. The van der Waals surface area contributed by atoms with Crippen molar-refractivity contribution in [3.05, 3.63) is 28.8 Å². The van der Waals surface area contributed by atoms with Gasteiger partial charge < -0.3 is 0 Å². The summed E-state index contributed by atoms with van der Waals surface area (Å²) >= 11 is 0. The van der Waals surface area contributed by atoms with Crippen LogP contribution in [0.3, 0.4) is 0 Å². The van der Waals surface area contributed by atoms with Crippen molar-refractivity contribution in [2.45, 2.75) is 64.4 Å². The number of hydrogen-bond acceptors (Lipinski definition) is 4. The van der Waals surface area contributed by atoms with Gasteiger partial charge in [-0.2, -0.15) is 4.31 Å². The van der Waals surface area contributed by atoms with Gasteiger partial charge in [-0.3, -0.25) is 0 Å². The Labute approximate surface area is 146 Å². The minimum absolute atomic E-state index is 0.0615. The van der Waals surface area contributed by atoms with Crippen molar-refractivity contribution < 1.29 is 16.8 Å². The van der Waals surface area contributed by atoms with E-state index in [-0.39, 0.29) is 22.4 Å². The molecule has 2 atom stereocenters. The third kappa shape index (κ3) is 3.68. The first-order chi connectivity index (χ1) is 11.0. The molecule has 0 saturated carbocycles. The number of aryl methyl sites for hydroxylation is 3. The van der Waals surface area contributed by atoms with Crippen LogP contribution in [0, 0.1) is 20.8 Å². The Bertz CT molecular complexity index is 828. The van der Waals surface area contributed by atoms with Crippen LogP contribution < -0.4 is 0 Å². The van der Waals surface area contributed by atoms with Crippen LogP contribution in [-0.4, -0.2) is 44.7 Å². The quantitative estimate of drug-likeness (QED) is 0.795. The highest BCUT2D eigenvalue weighted by Gasteiger charge is 2.41. The van der Waals surface area contributed by atoms with Gasteiger partial charge in [0, 0.05) is 12.1 Å². The average Bonchev–Trinajstić information content (AvgIpc) is 2.82. The highest BCUT2D eigenvalue weighted by Crippen LogP contribution is 2.30. The molecule has 7 heteroatoms. The van der Waals surface area contributed by atoms with E-state index in [0.29, 0.717) is 18.4 Å². The normalized spacial score (nSPS) is 22.0. The van der Waals surface area contributed by atoms with Gasteiger partial charge in [-0.25, -0.2) is 16.8 Å². The maximum atomic E-state index is 13.3. The van der Waals surface area contributed by atoms with Gasteiger partial charge in [0.1, 0.15) is 0 Å². The molecule has 0 amide bonds. The lowest BCUT2D eigenvalue weighted by molar-refractivity contribution is 0.271. The Hall–Kier alpha value is -0.920. The fourth-order valence-electron chi connectivity index (χ4n) is 3.27. The van der Waals surface area contributed by atoms with Crippen LogP contribution in [0.15, 0.2) is 17.0 Å². The summed E-state index contributed by atoms with van der Waals surface area (Å²) in [6.07, 6.45) is 1.01. The summed E-state index contributed by atoms with van der Waals surface area (Å²) in [5.41, 5.74) is 2.67. The highest BCUT2D eigenvalue weighted by molar-refractivity contribution is 7.92. The minimum Gasteiger partial charge on any atom is -0.229 e. The molecule has 1 saturated heterocycles. The van der Waals surface area contributed by atoms with Gasteiger partial charge in [0.05, 0.1) is 16.4 Å². The van der Waals surface area contributed by atoms with Crippen LogP contribution >= 0.6 is 0 Å². The standard InChI is InChI=1S/C17H27NO4S2/c1-6-15(5)18(16-7-8-23(19,20)11-16)24(21,22)17-10-13(3)12(2)9-14(17)4/h9-10,15-16H,6-8,11H2,1-5H3/t15-,16-/m0/s1. The van der Waals surface area contributed by atoms with Crippen molar-refractivity contribution in [1.29, 1.82) is 0 Å². The first-order valence-corrected chi connectivity index (χ1v) is 11.6. The summed E-state index contributed by atoms with van der Waals surface area (Å²) in [5, 5.41) is 0. The summed E-state index contributed by atoms with van der Waals surface area (Å²) in [6.45, 7) is 9.40. The van der Waals surface area contributed by atoms with E-state index in [2.05, 4.69) is 0 Å². The van der Waals surface area contributed by atoms with Gasteiger partial charge in [0.15, 0.2) is 9.84 Å². The summed E-state index contributed by atoms with van der Waals surface area (Å²) in [7, 11) is -6.90. The molecule has 2 rings (SSSR count). The first kappa shape index (κ1) is 19.4. The topological polar surface area (TPSA) is 71.5 Å². The summed E-state index contributed by atoms with van der Waals surface area (Å²) < 4.78 is 51.9. The highest BCUT2D eigenvalue weighted by atomic mass is 32.2. The molecule has 0 bridgehead atoms. The van der Waals surface area contributed by atoms with Crippen molar-refractivity contribution >= 4 is 19.9 Å². The molecular weight excluding hydrogens is 346 g/mol. The molecule has 136 valence electrons. The number of sulfonamides is 1. The SMILES string of the molecule is CC[C@H](C)N([C@H]1CCS(=O)(=O)C1)S(=O)(=O)c1cc(C)c(C)cc1C. The predicted octanol–water partition coefficient (Wildman–Crippen LogP) is 2.59. The van der Waals surface area contributed by atoms with Crippen LogP contribution in [0.2, 0.25) is 0 Å². The maximum Gasteiger partial charge on any atom is 0.243 e. The largest absolute Gasteiger partial charge is 0.243 e. The van der Waals surface area contributed by atoms with E-state index in [1.54, 1.807) is 13.0 Å². The number of hydrogen-bond donors (Lipinski definition) is 0. The Morgan fingerprint density at radius 2 is 1.75 bits per heavy atom. The van der Waals surface area contributed by atoms with Crippen LogP contribution in [0.4, 0.5) is 0 Å². The molecule has 1 aromatic carbocycles. The van der Waals surface area contributed by atoms with Crippen molar-refractivity contribution in [1.82, 2.24) is 4.31 Å². The fourth-order valence-corrected chi connectivity index (χ4v) is 7.29. The molecule has 0 aliphatic carbocycles. The molecule has 1 heterocycles. The lowest BCUT2D eigenvalue weighted by atomic mass is 10.1. The van der Waals surface area contributed by atoms with Crippen molar-refractivity contribution in [3.63, 3.8) is 0 Å². The predicted molar refractivity (Wildman–Crippen MR) is 96.5 cm³/mol. The van der Waals surface area contributed by atoms with Gasteiger partial charge >= 0.3 is 0 Å². The zero-order chi connectivity index (χ0) is 18.3. The molecule has 24 heavy (non-hydrogen) atoms. The third-order valence-electron chi connectivity index (χ3n) is 4.94. The molecule has 0 N–H and O–H groups in total. The van der Waals surface area contributed by atoms with Crippen molar-refractivity contribution in [3.8, 4) is 0 Å². The summed E-state index contributed by atoms with van der Waals surface area (Å²) in [5.74, 6) is -0.0213. The number of sulfone groups is 1. The van der Waals surface area contributed by atoms with E-state index in [1.807, 2.05) is 33.8 Å². The molecule has 5 nitrogen and oxygen atoms in total. The second-order valence-corrected chi connectivity index (χ2v) is 10.9. The van der Waals surface area contributed by atoms with Crippen LogP contribution in [-0.2, 0) is 19.9 Å². The van der Waals surface area contributed by atoms with Gasteiger partial charge in [-0.05, 0) is 63.3 Å². The Kier molecular flexibility index (Phi) is 5.47. The molecule has 0 spiro atoms. The average molecular weight is 374 g/mol. The molecule has 1 aromatic rings. The Morgan fingerprint density at radius 3 is 2.25 bits per heavy atom. The lowest BCUT2D eigenvalue weighted by Gasteiger charge is -2.33. The van der Waals surface area contributed by atoms with Crippen molar-refractivity contribution in [2.24, 2.45) is 0 Å². The van der Waals surface area contributed by atoms with Gasteiger partial charge in [0.25, 0.3) is 0 Å². The zero-order valence-electron chi connectivity index (χ0n) is 15.0. The fraction of sp³-hybridized carbons (Fsp3) is 0.647. The van der Waals surface area contributed by atoms with E-state index in [0.717, 1.165) is 11.1 Å². The van der Waals surface area contributed by atoms with Gasteiger partial charge in [-0.15, -0.1) is 0 Å². The first-order valence-electron chi connectivity index (χ1n) is 8.31. The lowest BCUT2D eigenvalue weighted by Crippen LogP contribution is -2.46. The summed E-state index contributed by atoms with van der Waals surface area (Å²) in [4.78, 5) is 0.287. The number of rotatable bonds is 5. The second-order valence-electron chi connectivity index (χ2n) is 6.85. The summed E-state index contributed by atoms with van der Waals surface area (Å²) in [6, 6.07) is 2.87. The van der Waals surface area contributed by atoms with Crippen LogP contribution in [0.5, 0.6) is 0 Å².